The van der Waals surface area contributed by atoms with Gasteiger partial charge in [-0.15, -0.1) is 0 Å². The monoisotopic (exact) mass is 313 g/mol. The summed E-state index contributed by atoms with van der Waals surface area (Å²) in [6.07, 6.45) is 1.75. The third kappa shape index (κ3) is 5.19. The highest BCUT2D eigenvalue weighted by Crippen LogP contribution is 2.12. The van der Waals surface area contributed by atoms with E-state index in [0.29, 0.717) is 13.2 Å². The molecule has 0 spiro atoms. The first-order valence-electron chi connectivity index (χ1n) is 6.31. The zero-order chi connectivity index (χ0) is 13.4. The van der Waals surface area contributed by atoms with Crippen molar-refractivity contribution in [2.75, 3.05) is 6.61 Å². The molecule has 0 fully saturated rings. The first kappa shape index (κ1) is 15.2. The summed E-state index contributed by atoms with van der Waals surface area (Å²) in [7, 11) is 0. The van der Waals surface area contributed by atoms with Crippen molar-refractivity contribution in [3.05, 3.63) is 34.3 Å². The Hall–Kier alpha value is -0.870. The molecule has 3 nitrogen and oxygen atoms in total. The van der Waals surface area contributed by atoms with Crippen molar-refractivity contribution in [2.45, 2.75) is 39.3 Å². The van der Waals surface area contributed by atoms with Crippen LogP contribution >= 0.6 is 15.9 Å². The predicted octanol–water partition coefficient (Wildman–Crippen LogP) is 3.27. The number of rotatable bonds is 7. The minimum atomic E-state index is -0.214. The van der Waals surface area contributed by atoms with E-state index in [-0.39, 0.29) is 12.0 Å². The standard InChI is InChI=1S/C14H20BrNO2/c1-3-6-13(14(17)18-4-2)16-10-11-7-5-8-12(15)9-11/h5,7-9,13,16H,3-4,6,10H2,1-2H3. The smallest absolute Gasteiger partial charge is 0.323 e. The second kappa shape index (κ2) is 8.27. The maximum absolute atomic E-state index is 11.7. The number of nitrogens with one attached hydrogen (secondary N) is 1. The van der Waals surface area contributed by atoms with E-state index in [1.165, 1.54) is 0 Å². The van der Waals surface area contributed by atoms with E-state index in [1.807, 2.05) is 31.2 Å². The molecular weight excluding hydrogens is 294 g/mol. The summed E-state index contributed by atoms with van der Waals surface area (Å²) in [5.74, 6) is -0.158. The van der Waals surface area contributed by atoms with Gasteiger partial charge in [0.25, 0.3) is 0 Å². The van der Waals surface area contributed by atoms with Crippen LogP contribution in [0.2, 0.25) is 0 Å². The zero-order valence-electron chi connectivity index (χ0n) is 10.9. The Morgan fingerprint density at radius 1 is 1.44 bits per heavy atom. The van der Waals surface area contributed by atoms with Crippen LogP contribution in [0.25, 0.3) is 0 Å². The molecule has 100 valence electrons. The fourth-order valence-electron chi connectivity index (χ4n) is 1.72. The molecule has 0 bridgehead atoms. The van der Waals surface area contributed by atoms with Gasteiger partial charge in [0.1, 0.15) is 6.04 Å². The largest absolute Gasteiger partial charge is 0.465 e. The molecule has 0 aromatic heterocycles. The Kier molecular flexibility index (Phi) is 6.98. The lowest BCUT2D eigenvalue weighted by molar-refractivity contribution is -0.145. The van der Waals surface area contributed by atoms with Crippen molar-refractivity contribution < 1.29 is 9.53 Å². The quantitative estimate of drug-likeness (QED) is 0.785. The highest BCUT2D eigenvalue weighted by molar-refractivity contribution is 9.10. The molecule has 0 aliphatic rings. The molecule has 1 atom stereocenters. The molecule has 1 rings (SSSR count). The number of benzene rings is 1. The van der Waals surface area contributed by atoms with Crippen molar-refractivity contribution in [3.8, 4) is 0 Å². The van der Waals surface area contributed by atoms with Crippen molar-refractivity contribution in [3.63, 3.8) is 0 Å². The SMILES string of the molecule is CCCC(NCc1cccc(Br)c1)C(=O)OCC. The Bertz CT molecular complexity index is 382. The zero-order valence-corrected chi connectivity index (χ0v) is 12.5. The molecule has 0 radical (unpaired) electrons. The number of halogens is 1. The Morgan fingerprint density at radius 2 is 2.22 bits per heavy atom. The van der Waals surface area contributed by atoms with E-state index < -0.39 is 0 Å². The number of ether oxygens (including phenoxy) is 1. The molecule has 0 amide bonds. The molecule has 1 aromatic rings. The summed E-state index contributed by atoms with van der Waals surface area (Å²) in [4.78, 5) is 11.7. The van der Waals surface area contributed by atoms with Gasteiger partial charge in [0.2, 0.25) is 0 Å². The summed E-state index contributed by atoms with van der Waals surface area (Å²) in [5.41, 5.74) is 1.15. The fourth-order valence-corrected chi connectivity index (χ4v) is 2.17. The Labute approximate surface area is 117 Å². The van der Waals surface area contributed by atoms with Gasteiger partial charge in [-0.05, 0) is 31.0 Å². The minimum Gasteiger partial charge on any atom is -0.465 e. The molecule has 0 heterocycles. The van der Waals surface area contributed by atoms with Gasteiger partial charge in [-0.1, -0.05) is 41.4 Å². The van der Waals surface area contributed by atoms with E-state index in [1.54, 1.807) is 0 Å². The molecule has 1 aromatic carbocycles. The lowest BCUT2D eigenvalue weighted by atomic mass is 10.1. The highest BCUT2D eigenvalue weighted by atomic mass is 79.9. The lowest BCUT2D eigenvalue weighted by Gasteiger charge is -2.16. The van der Waals surface area contributed by atoms with Crippen LogP contribution in [0.1, 0.15) is 32.3 Å². The summed E-state index contributed by atoms with van der Waals surface area (Å²) >= 11 is 3.43. The van der Waals surface area contributed by atoms with Crippen LogP contribution in [-0.2, 0) is 16.1 Å². The van der Waals surface area contributed by atoms with Crippen molar-refractivity contribution in [2.24, 2.45) is 0 Å². The van der Waals surface area contributed by atoms with Crippen LogP contribution in [0, 0.1) is 0 Å². The summed E-state index contributed by atoms with van der Waals surface area (Å²) in [5, 5.41) is 3.25. The van der Waals surface area contributed by atoms with Crippen LogP contribution in [0.5, 0.6) is 0 Å². The van der Waals surface area contributed by atoms with Crippen LogP contribution < -0.4 is 5.32 Å². The van der Waals surface area contributed by atoms with Gasteiger partial charge in [0.15, 0.2) is 0 Å². The molecule has 18 heavy (non-hydrogen) atoms. The third-order valence-electron chi connectivity index (χ3n) is 2.59. The number of carbonyl (C=O) groups is 1. The van der Waals surface area contributed by atoms with Gasteiger partial charge in [0, 0.05) is 11.0 Å². The van der Waals surface area contributed by atoms with Crippen molar-refractivity contribution in [1.82, 2.24) is 5.32 Å². The van der Waals surface area contributed by atoms with E-state index in [0.717, 1.165) is 22.9 Å². The van der Waals surface area contributed by atoms with Gasteiger partial charge >= 0.3 is 5.97 Å². The number of hydrogen-bond donors (Lipinski definition) is 1. The predicted molar refractivity (Wildman–Crippen MR) is 76.3 cm³/mol. The molecule has 1 unspecified atom stereocenters. The normalized spacial score (nSPS) is 12.2. The van der Waals surface area contributed by atoms with Gasteiger partial charge in [-0.25, -0.2) is 0 Å². The lowest BCUT2D eigenvalue weighted by Crippen LogP contribution is -2.37. The molecule has 1 N–H and O–H groups in total. The van der Waals surface area contributed by atoms with Crippen molar-refractivity contribution >= 4 is 21.9 Å². The molecule has 0 saturated carbocycles. The van der Waals surface area contributed by atoms with Gasteiger partial charge in [-0.3, -0.25) is 4.79 Å². The average Bonchev–Trinajstić information content (AvgIpc) is 2.35. The van der Waals surface area contributed by atoms with Crippen LogP contribution in [0.3, 0.4) is 0 Å². The van der Waals surface area contributed by atoms with E-state index in [4.69, 9.17) is 4.74 Å². The van der Waals surface area contributed by atoms with Gasteiger partial charge in [-0.2, -0.15) is 0 Å². The summed E-state index contributed by atoms with van der Waals surface area (Å²) in [6, 6.07) is 7.83. The molecular formula is C14H20BrNO2. The minimum absolute atomic E-state index is 0.158. The molecule has 0 aliphatic carbocycles. The van der Waals surface area contributed by atoms with Crippen LogP contribution in [0.4, 0.5) is 0 Å². The van der Waals surface area contributed by atoms with Crippen LogP contribution in [0.15, 0.2) is 28.7 Å². The maximum Gasteiger partial charge on any atom is 0.323 e. The maximum atomic E-state index is 11.7. The second-order valence-corrected chi connectivity index (χ2v) is 5.02. The van der Waals surface area contributed by atoms with E-state index in [2.05, 4.69) is 28.2 Å². The second-order valence-electron chi connectivity index (χ2n) is 4.10. The highest BCUT2D eigenvalue weighted by Gasteiger charge is 2.17. The van der Waals surface area contributed by atoms with E-state index >= 15 is 0 Å². The Morgan fingerprint density at radius 3 is 2.83 bits per heavy atom. The first-order chi connectivity index (χ1) is 8.67. The van der Waals surface area contributed by atoms with Crippen LogP contribution in [-0.4, -0.2) is 18.6 Å². The van der Waals surface area contributed by atoms with E-state index in [9.17, 15) is 4.79 Å². The number of esters is 1. The van der Waals surface area contributed by atoms with Crippen molar-refractivity contribution in [1.29, 1.82) is 0 Å². The fraction of sp³-hybridized carbons (Fsp3) is 0.500. The van der Waals surface area contributed by atoms with Gasteiger partial charge in [0.05, 0.1) is 6.61 Å². The number of hydrogen-bond acceptors (Lipinski definition) is 3. The van der Waals surface area contributed by atoms with Gasteiger partial charge < -0.3 is 10.1 Å². The topological polar surface area (TPSA) is 38.3 Å². The molecule has 0 saturated heterocycles. The summed E-state index contributed by atoms with van der Waals surface area (Å²) in [6.45, 7) is 4.99. The number of carbonyl (C=O) groups excluding carboxylic acids is 1. The summed E-state index contributed by atoms with van der Waals surface area (Å²) < 4.78 is 6.10. The first-order valence-corrected chi connectivity index (χ1v) is 7.11. The third-order valence-corrected chi connectivity index (χ3v) is 3.08. The Balaban J connectivity index is 2.53. The molecule has 0 aliphatic heterocycles. The molecule has 4 heteroatoms. The average molecular weight is 314 g/mol.